The topological polar surface area (TPSA) is 50.9 Å². The highest BCUT2D eigenvalue weighted by Crippen LogP contribution is 2.34. The highest BCUT2D eigenvalue weighted by Gasteiger charge is 2.12. The van der Waals surface area contributed by atoms with E-state index in [1.54, 1.807) is 11.3 Å². The van der Waals surface area contributed by atoms with Crippen molar-refractivity contribution in [1.82, 2.24) is 4.98 Å². The van der Waals surface area contributed by atoms with Gasteiger partial charge in [0.1, 0.15) is 10.0 Å². The van der Waals surface area contributed by atoms with Crippen LogP contribution in [0.25, 0.3) is 10.6 Å². The fourth-order valence-electron chi connectivity index (χ4n) is 1.87. The maximum atomic E-state index is 5.48. The van der Waals surface area contributed by atoms with Gasteiger partial charge in [0.05, 0.1) is 5.69 Å². The average molecular weight is 261 g/mol. The van der Waals surface area contributed by atoms with Crippen molar-refractivity contribution in [3.63, 3.8) is 0 Å². The maximum absolute atomic E-state index is 5.48. The molecule has 0 aliphatic heterocycles. The lowest BCUT2D eigenvalue weighted by molar-refractivity contribution is 0.866. The number of nitrogen functional groups attached to an aromatic ring is 1. The number of thiazole rings is 1. The molecule has 0 bridgehead atoms. The molecule has 0 atom stereocenters. The lowest BCUT2D eigenvalue weighted by Crippen LogP contribution is -2.05. The van der Waals surface area contributed by atoms with Gasteiger partial charge in [0.2, 0.25) is 0 Å². The summed E-state index contributed by atoms with van der Waals surface area (Å²) in [6, 6.07) is 6.58. The zero-order valence-electron chi connectivity index (χ0n) is 11.2. The molecule has 0 saturated heterocycles. The quantitative estimate of drug-likeness (QED) is 0.652. The van der Waals surface area contributed by atoms with Crippen LogP contribution in [0.2, 0.25) is 0 Å². The molecule has 0 spiro atoms. The molecular formula is C14H19N3S. The van der Waals surface area contributed by atoms with Gasteiger partial charge in [-0.2, -0.15) is 0 Å². The number of benzene rings is 1. The van der Waals surface area contributed by atoms with Crippen LogP contribution in [-0.4, -0.2) is 4.98 Å². The minimum atomic E-state index is 0.525. The molecule has 1 heterocycles. The monoisotopic (exact) mass is 261 g/mol. The van der Waals surface area contributed by atoms with E-state index < -0.39 is 0 Å². The van der Waals surface area contributed by atoms with Gasteiger partial charge in [-0.1, -0.05) is 37.3 Å². The third-order valence-electron chi connectivity index (χ3n) is 3.09. The molecule has 0 saturated carbocycles. The number of hydrazine groups is 1. The molecule has 2 rings (SSSR count). The summed E-state index contributed by atoms with van der Waals surface area (Å²) in [5, 5.41) is 1.96. The Balaban J connectivity index is 2.51. The zero-order chi connectivity index (χ0) is 13.3. The van der Waals surface area contributed by atoms with E-state index >= 15 is 0 Å². The summed E-state index contributed by atoms with van der Waals surface area (Å²) in [5.74, 6) is 6.00. The van der Waals surface area contributed by atoms with E-state index in [4.69, 9.17) is 5.84 Å². The molecule has 0 aliphatic carbocycles. The molecular weight excluding hydrogens is 242 g/mol. The minimum absolute atomic E-state index is 0.525. The number of nitrogens with two attached hydrogens (primary N) is 1. The van der Waals surface area contributed by atoms with Crippen LogP contribution < -0.4 is 11.3 Å². The molecule has 18 heavy (non-hydrogen) atoms. The first-order chi connectivity index (χ1) is 8.52. The Labute approximate surface area is 112 Å². The molecule has 2 aromatic rings. The molecule has 0 aliphatic rings. The lowest BCUT2D eigenvalue weighted by Gasteiger charge is -2.09. The van der Waals surface area contributed by atoms with Crippen molar-refractivity contribution in [1.29, 1.82) is 0 Å². The smallest absolute Gasteiger partial charge is 0.126 e. The van der Waals surface area contributed by atoms with Crippen molar-refractivity contribution in [2.24, 2.45) is 5.84 Å². The number of nitrogens with zero attached hydrogens (tertiary/aromatic N) is 1. The van der Waals surface area contributed by atoms with Crippen molar-refractivity contribution < 1.29 is 0 Å². The Morgan fingerprint density at radius 3 is 2.56 bits per heavy atom. The van der Waals surface area contributed by atoms with Crippen LogP contribution >= 0.6 is 11.3 Å². The zero-order valence-corrected chi connectivity index (χ0v) is 12.1. The molecule has 96 valence electrons. The lowest BCUT2D eigenvalue weighted by atomic mass is 9.98. The second-order valence-electron chi connectivity index (χ2n) is 4.81. The highest BCUT2D eigenvalue weighted by atomic mass is 32.1. The molecule has 0 amide bonds. The summed E-state index contributed by atoms with van der Waals surface area (Å²) in [4.78, 5) is 4.59. The van der Waals surface area contributed by atoms with Gasteiger partial charge in [-0.25, -0.2) is 10.8 Å². The van der Waals surface area contributed by atoms with Crippen LogP contribution in [0.15, 0.2) is 18.2 Å². The number of aromatic nitrogens is 1. The number of rotatable bonds is 3. The Kier molecular flexibility index (Phi) is 3.68. The third-order valence-corrected chi connectivity index (χ3v) is 4.21. The first-order valence-corrected chi connectivity index (χ1v) is 6.89. The summed E-state index contributed by atoms with van der Waals surface area (Å²) >= 11 is 1.60. The molecule has 3 N–H and O–H groups in total. The van der Waals surface area contributed by atoms with E-state index in [-0.39, 0.29) is 0 Å². The Morgan fingerprint density at radius 2 is 2.00 bits per heavy atom. The van der Waals surface area contributed by atoms with Crippen LogP contribution in [0.5, 0.6) is 0 Å². The van der Waals surface area contributed by atoms with Gasteiger partial charge >= 0.3 is 0 Å². The Hall–Kier alpha value is -1.39. The Bertz CT molecular complexity index is 558. The van der Waals surface area contributed by atoms with Crippen molar-refractivity contribution in [3.05, 3.63) is 35.0 Å². The van der Waals surface area contributed by atoms with E-state index in [1.807, 2.05) is 6.92 Å². The molecule has 4 heteroatoms. The van der Waals surface area contributed by atoms with Gasteiger partial charge in [-0.3, -0.25) is 0 Å². The van der Waals surface area contributed by atoms with E-state index in [0.29, 0.717) is 5.92 Å². The van der Waals surface area contributed by atoms with E-state index in [9.17, 15) is 0 Å². The summed E-state index contributed by atoms with van der Waals surface area (Å²) in [6.45, 7) is 8.49. The Morgan fingerprint density at radius 1 is 1.28 bits per heavy atom. The molecule has 0 fully saturated rings. The van der Waals surface area contributed by atoms with E-state index in [0.717, 1.165) is 15.7 Å². The normalized spacial score (nSPS) is 11.0. The van der Waals surface area contributed by atoms with Crippen LogP contribution in [-0.2, 0) is 0 Å². The van der Waals surface area contributed by atoms with Crippen molar-refractivity contribution in [2.45, 2.75) is 33.6 Å². The van der Waals surface area contributed by atoms with Gasteiger partial charge in [-0.15, -0.1) is 0 Å². The predicted molar refractivity (Wildman–Crippen MR) is 78.9 cm³/mol. The molecule has 3 nitrogen and oxygen atoms in total. The van der Waals surface area contributed by atoms with Gasteiger partial charge in [-0.05, 0) is 37.0 Å². The maximum Gasteiger partial charge on any atom is 0.126 e. The summed E-state index contributed by atoms with van der Waals surface area (Å²) in [7, 11) is 0. The first-order valence-electron chi connectivity index (χ1n) is 6.08. The minimum Gasteiger partial charge on any atom is -0.314 e. The van der Waals surface area contributed by atoms with Gasteiger partial charge < -0.3 is 5.43 Å². The van der Waals surface area contributed by atoms with Crippen LogP contribution in [0.4, 0.5) is 5.00 Å². The molecule has 0 radical (unpaired) electrons. The summed E-state index contributed by atoms with van der Waals surface area (Å²) < 4.78 is 0. The summed E-state index contributed by atoms with van der Waals surface area (Å²) in [6.07, 6.45) is 0. The second kappa shape index (κ2) is 5.08. The third kappa shape index (κ3) is 2.40. The van der Waals surface area contributed by atoms with Gasteiger partial charge in [0.15, 0.2) is 0 Å². The number of hydrogen-bond donors (Lipinski definition) is 2. The number of aryl methyl sites for hydroxylation is 2. The molecule has 1 aromatic carbocycles. The van der Waals surface area contributed by atoms with Crippen molar-refractivity contribution in [3.8, 4) is 10.6 Å². The van der Waals surface area contributed by atoms with Gasteiger partial charge in [0.25, 0.3) is 0 Å². The van der Waals surface area contributed by atoms with Crippen LogP contribution in [0.3, 0.4) is 0 Å². The van der Waals surface area contributed by atoms with E-state index in [1.165, 1.54) is 16.7 Å². The SMILES string of the molecule is Cc1ccc(C(C)C)cc1-c1nc(C)c(NN)s1. The van der Waals surface area contributed by atoms with Gasteiger partial charge in [0, 0.05) is 5.56 Å². The average Bonchev–Trinajstić information content (AvgIpc) is 2.70. The first kappa shape index (κ1) is 13.1. The predicted octanol–water partition coefficient (Wildman–Crippen LogP) is 3.84. The standard InChI is InChI=1S/C14H19N3S/c1-8(2)11-6-5-9(3)12(7-11)14-16-10(4)13(17-15)18-14/h5-8,17H,15H2,1-4H3. The number of nitrogens with one attached hydrogen (secondary N) is 1. The van der Waals surface area contributed by atoms with Crippen molar-refractivity contribution in [2.75, 3.05) is 5.43 Å². The van der Waals surface area contributed by atoms with Crippen LogP contribution in [0.1, 0.15) is 36.6 Å². The largest absolute Gasteiger partial charge is 0.314 e. The van der Waals surface area contributed by atoms with E-state index in [2.05, 4.69) is 49.4 Å². The summed E-state index contributed by atoms with van der Waals surface area (Å²) in [5.41, 5.74) is 7.44. The second-order valence-corrected chi connectivity index (χ2v) is 5.81. The molecule has 1 aromatic heterocycles. The fourth-order valence-corrected chi connectivity index (χ4v) is 2.83. The highest BCUT2D eigenvalue weighted by molar-refractivity contribution is 7.19. The van der Waals surface area contributed by atoms with Crippen molar-refractivity contribution >= 4 is 16.3 Å². The fraction of sp³-hybridized carbons (Fsp3) is 0.357. The van der Waals surface area contributed by atoms with Crippen LogP contribution in [0, 0.1) is 13.8 Å². The molecule has 0 unspecified atom stereocenters. The number of anilines is 1. The number of hydrogen-bond acceptors (Lipinski definition) is 4.